The van der Waals surface area contributed by atoms with E-state index in [0.717, 1.165) is 0 Å². The summed E-state index contributed by atoms with van der Waals surface area (Å²) in [5, 5.41) is 2.18. The molecule has 1 aromatic carbocycles. The van der Waals surface area contributed by atoms with Crippen LogP contribution in [-0.4, -0.2) is 23.7 Å². The van der Waals surface area contributed by atoms with Gasteiger partial charge >= 0.3 is 12.1 Å². The minimum atomic E-state index is -2.38. The Morgan fingerprint density at radius 2 is 1.41 bits per heavy atom. The van der Waals surface area contributed by atoms with Gasteiger partial charge in [0, 0.05) is 0 Å². The zero-order chi connectivity index (χ0) is 21.1. The second-order valence-corrected chi connectivity index (χ2v) is 6.83. The lowest BCUT2D eigenvalue weighted by Crippen LogP contribution is -2.48. The van der Waals surface area contributed by atoms with E-state index in [0.29, 0.717) is 6.42 Å². The number of carbonyl (C=O) groups excluding carboxylic acids is 2. The van der Waals surface area contributed by atoms with Gasteiger partial charge in [0.25, 0.3) is 0 Å². The third-order valence-electron chi connectivity index (χ3n) is 3.51. The number of rotatable bonds is 5. The Morgan fingerprint density at radius 1 is 0.963 bits per heavy atom. The van der Waals surface area contributed by atoms with Gasteiger partial charge in [-0.25, -0.2) is 22.8 Å². The van der Waals surface area contributed by atoms with Crippen molar-refractivity contribution in [1.82, 2.24) is 5.32 Å². The van der Waals surface area contributed by atoms with Crippen molar-refractivity contribution in [2.75, 3.05) is 0 Å². The number of alkyl carbamates (subject to hydrolysis) is 1. The van der Waals surface area contributed by atoms with E-state index in [9.17, 15) is 31.5 Å². The van der Waals surface area contributed by atoms with Crippen LogP contribution in [0.25, 0.3) is 0 Å². The normalized spacial score (nSPS) is 13.7. The van der Waals surface area contributed by atoms with Crippen LogP contribution in [-0.2, 0) is 9.53 Å². The van der Waals surface area contributed by atoms with Crippen LogP contribution in [0.3, 0.4) is 0 Å². The molecule has 1 aromatic rings. The molecule has 0 fully saturated rings. The summed E-state index contributed by atoms with van der Waals surface area (Å²) in [7, 11) is 0. The number of carbonyl (C=O) groups is 2. The summed E-state index contributed by atoms with van der Waals surface area (Å²) in [5.41, 5.74) is -0.893. The quantitative estimate of drug-likeness (QED) is 0.266. The fourth-order valence-electron chi connectivity index (χ4n) is 1.94. The lowest BCUT2D eigenvalue weighted by Gasteiger charge is -2.25. The largest absolute Gasteiger partial charge is 0.444 e. The first-order valence-corrected chi connectivity index (χ1v) is 8.02. The molecule has 0 bridgehead atoms. The number of nitrogens with one attached hydrogen (secondary N) is 1. The molecule has 5 nitrogen and oxygen atoms in total. The molecule has 27 heavy (non-hydrogen) atoms. The van der Waals surface area contributed by atoms with Gasteiger partial charge in [0.1, 0.15) is 11.6 Å². The molecule has 1 N–H and O–H groups in total. The average molecular weight is 397 g/mol. The number of benzene rings is 1. The van der Waals surface area contributed by atoms with Gasteiger partial charge in [-0.1, -0.05) is 20.3 Å². The molecule has 0 aliphatic carbocycles. The summed E-state index contributed by atoms with van der Waals surface area (Å²) in [4.78, 5) is 24.1. The highest BCUT2D eigenvalue weighted by molar-refractivity contribution is 5.83. The highest BCUT2D eigenvalue weighted by atomic mass is 19.2. The van der Waals surface area contributed by atoms with Crippen LogP contribution in [0.5, 0.6) is 5.75 Å². The van der Waals surface area contributed by atoms with E-state index >= 15 is 0 Å². The van der Waals surface area contributed by atoms with E-state index < -0.39 is 64.5 Å². The van der Waals surface area contributed by atoms with Crippen molar-refractivity contribution in [3.05, 3.63) is 29.1 Å². The van der Waals surface area contributed by atoms with Gasteiger partial charge in [0.15, 0.2) is 0 Å². The lowest BCUT2D eigenvalue weighted by atomic mass is 9.99. The summed E-state index contributed by atoms with van der Waals surface area (Å²) in [5.74, 6) is -15.2. The van der Waals surface area contributed by atoms with E-state index in [1.807, 2.05) is 0 Å². The van der Waals surface area contributed by atoms with Crippen LogP contribution in [0, 0.1) is 35.0 Å². The molecule has 0 aliphatic heterocycles. The maximum absolute atomic E-state index is 13.7. The van der Waals surface area contributed by atoms with Crippen molar-refractivity contribution in [2.45, 2.75) is 52.7 Å². The van der Waals surface area contributed by atoms with Crippen molar-refractivity contribution in [3.8, 4) is 5.75 Å². The predicted octanol–water partition coefficient (Wildman–Crippen LogP) is 4.23. The maximum Gasteiger partial charge on any atom is 0.408 e. The Kier molecular flexibility index (Phi) is 7.16. The van der Waals surface area contributed by atoms with Crippen LogP contribution >= 0.6 is 0 Å². The minimum Gasteiger partial charge on any atom is -0.444 e. The molecular formula is C17H20F5NO4. The van der Waals surface area contributed by atoms with Gasteiger partial charge in [-0.05, 0) is 26.7 Å². The second kappa shape index (κ2) is 8.53. The van der Waals surface area contributed by atoms with Crippen molar-refractivity contribution >= 4 is 12.1 Å². The van der Waals surface area contributed by atoms with Gasteiger partial charge in [-0.15, -0.1) is 0 Å². The molecule has 0 spiro atoms. The third kappa shape index (κ3) is 5.54. The van der Waals surface area contributed by atoms with E-state index in [-0.39, 0.29) is 0 Å². The maximum atomic E-state index is 13.7. The number of hydrogen-bond donors (Lipinski definition) is 1. The first-order valence-electron chi connectivity index (χ1n) is 8.02. The Morgan fingerprint density at radius 3 is 1.81 bits per heavy atom. The van der Waals surface area contributed by atoms with Gasteiger partial charge in [-0.3, -0.25) is 0 Å². The van der Waals surface area contributed by atoms with Crippen molar-refractivity contribution in [3.63, 3.8) is 0 Å². The first kappa shape index (κ1) is 22.7. The fraction of sp³-hybridized carbons (Fsp3) is 0.529. The molecule has 0 saturated heterocycles. The lowest BCUT2D eigenvalue weighted by molar-refractivity contribution is -0.138. The Bertz CT molecular complexity index is 704. The molecule has 0 aliphatic rings. The molecule has 0 unspecified atom stereocenters. The zero-order valence-electron chi connectivity index (χ0n) is 15.4. The predicted molar refractivity (Wildman–Crippen MR) is 84.5 cm³/mol. The molecule has 0 heterocycles. The topological polar surface area (TPSA) is 64.6 Å². The van der Waals surface area contributed by atoms with Crippen LogP contribution in [0.2, 0.25) is 0 Å². The number of amides is 1. The van der Waals surface area contributed by atoms with E-state index in [1.54, 1.807) is 27.7 Å². The number of hydrogen-bond acceptors (Lipinski definition) is 4. The second-order valence-electron chi connectivity index (χ2n) is 6.83. The summed E-state index contributed by atoms with van der Waals surface area (Å²) < 4.78 is 76.3. The molecule has 2 atom stereocenters. The molecule has 1 rings (SSSR count). The van der Waals surface area contributed by atoms with Crippen LogP contribution in [0.4, 0.5) is 26.7 Å². The monoisotopic (exact) mass is 397 g/mol. The van der Waals surface area contributed by atoms with Crippen LogP contribution in [0.1, 0.15) is 41.0 Å². The molecule has 152 valence electrons. The highest BCUT2D eigenvalue weighted by Gasteiger charge is 2.34. The Balaban J connectivity index is 3.14. The smallest absolute Gasteiger partial charge is 0.408 e. The van der Waals surface area contributed by atoms with E-state index in [4.69, 9.17) is 4.74 Å². The number of halogens is 5. The summed E-state index contributed by atoms with van der Waals surface area (Å²) >= 11 is 0. The third-order valence-corrected chi connectivity index (χ3v) is 3.51. The van der Waals surface area contributed by atoms with Gasteiger partial charge in [-0.2, -0.15) is 8.78 Å². The Hall–Kier alpha value is -2.39. The van der Waals surface area contributed by atoms with Crippen LogP contribution in [0.15, 0.2) is 0 Å². The van der Waals surface area contributed by atoms with Gasteiger partial charge in [0.2, 0.25) is 34.8 Å². The van der Waals surface area contributed by atoms with Gasteiger partial charge < -0.3 is 14.8 Å². The molecule has 0 saturated carbocycles. The minimum absolute atomic E-state index is 0.326. The summed E-state index contributed by atoms with van der Waals surface area (Å²) in [6, 6.07) is -1.44. The zero-order valence-corrected chi connectivity index (χ0v) is 15.4. The number of ether oxygens (including phenoxy) is 2. The SMILES string of the molecule is CC[C@H](C)[C@H](NC(=O)OC(C)(C)C)C(=O)Oc1c(F)c(F)c(F)c(F)c1F. The first-order chi connectivity index (χ1) is 12.3. The van der Waals surface area contributed by atoms with Crippen molar-refractivity contribution in [1.29, 1.82) is 0 Å². The highest BCUT2D eigenvalue weighted by Crippen LogP contribution is 2.29. The van der Waals surface area contributed by atoms with Crippen molar-refractivity contribution < 1.29 is 41.0 Å². The van der Waals surface area contributed by atoms with Gasteiger partial charge in [0.05, 0.1) is 0 Å². The molecule has 10 heteroatoms. The van der Waals surface area contributed by atoms with E-state index in [2.05, 4.69) is 10.1 Å². The number of esters is 1. The van der Waals surface area contributed by atoms with Crippen molar-refractivity contribution in [2.24, 2.45) is 5.92 Å². The standard InChI is InChI=1S/C17H20F5NO4/c1-6-7(2)13(23-16(25)27-17(3,4)5)15(24)26-14-11(21)9(19)8(18)10(20)12(14)22/h7,13H,6H2,1-5H3,(H,23,25)/t7-,13-/m0/s1. The van der Waals surface area contributed by atoms with Crippen LogP contribution < -0.4 is 10.1 Å². The fourth-order valence-corrected chi connectivity index (χ4v) is 1.94. The molecule has 0 aromatic heterocycles. The van der Waals surface area contributed by atoms with E-state index in [1.165, 1.54) is 6.92 Å². The molecule has 1 amide bonds. The molecular weight excluding hydrogens is 377 g/mol. The Labute approximate surface area is 152 Å². The summed E-state index contributed by atoms with van der Waals surface area (Å²) in [6.07, 6.45) is -0.686. The molecule has 0 radical (unpaired) electrons. The average Bonchev–Trinajstić information content (AvgIpc) is 2.57. The summed E-state index contributed by atoms with van der Waals surface area (Å²) in [6.45, 7) is 7.87.